The SMILES string of the molecule is [CH2]CC(C)CCCCCCC(C)CCCCCC. The van der Waals surface area contributed by atoms with Gasteiger partial charge in [0.25, 0.3) is 0 Å². The molecule has 1 radical (unpaired) electrons. The van der Waals surface area contributed by atoms with Crippen molar-refractivity contribution in [1.82, 2.24) is 0 Å². The van der Waals surface area contributed by atoms with Gasteiger partial charge >= 0.3 is 0 Å². The van der Waals surface area contributed by atoms with Crippen LogP contribution in [0.25, 0.3) is 0 Å². The molecule has 0 aromatic heterocycles. The Morgan fingerprint density at radius 1 is 0.667 bits per heavy atom. The third kappa shape index (κ3) is 12.5. The van der Waals surface area contributed by atoms with E-state index in [9.17, 15) is 0 Å². The minimum absolute atomic E-state index is 0.836. The zero-order valence-corrected chi connectivity index (χ0v) is 13.3. The summed E-state index contributed by atoms with van der Waals surface area (Å²) >= 11 is 0. The molecule has 0 nitrogen and oxygen atoms in total. The lowest BCUT2D eigenvalue weighted by atomic mass is 9.95. The van der Waals surface area contributed by atoms with E-state index in [0.29, 0.717) is 0 Å². The van der Waals surface area contributed by atoms with E-state index >= 15 is 0 Å². The maximum atomic E-state index is 3.97. The first-order chi connectivity index (χ1) is 8.70. The van der Waals surface area contributed by atoms with Gasteiger partial charge in [0.1, 0.15) is 0 Å². The van der Waals surface area contributed by atoms with Crippen molar-refractivity contribution in [3.05, 3.63) is 6.92 Å². The highest BCUT2D eigenvalue weighted by Crippen LogP contribution is 2.18. The van der Waals surface area contributed by atoms with E-state index in [1.165, 1.54) is 70.6 Å². The van der Waals surface area contributed by atoms with Crippen LogP contribution in [0.4, 0.5) is 0 Å². The lowest BCUT2D eigenvalue weighted by Crippen LogP contribution is -1.96. The average Bonchev–Trinajstić information content (AvgIpc) is 2.38. The Morgan fingerprint density at radius 2 is 1.11 bits per heavy atom. The summed E-state index contributed by atoms with van der Waals surface area (Å²) in [5, 5.41) is 0. The minimum atomic E-state index is 0.836. The summed E-state index contributed by atoms with van der Waals surface area (Å²) in [6.45, 7) is 11.0. The molecule has 0 aliphatic rings. The highest BCUT2D eigenvalue weighted by Gasteiger charge is 2.02. The van der Waals surface area contributed by atoms with Crippen molar-refractivity contribution in [2.45, 2.75) is 97.8 Å². The second-order valence-electron chi connectivity index (χ2n) is 6.34. The van der Waals surface area contributed by atoms with E-state index in [4.69, 9.17) is 0 Å². The first-order valence-electron chi connectivity index (χ1n) is 8.49. The molecule has 0 saturated carbocycles. The van der Waals surface area contributed by atoms with Crippen molar-refractivity contribution in [3.63, 3.8) is 0 Å². The van der Waals surface area contributed by atoms with Crippen LogP contribution in [0, 0.1) is 18.8 Å². The molecule has 0 rings (SSSR count). The predicted octanol–water partition coefficient (Wildman–Crippen LogP) is 6.79. The van der Waals surface area contributed by atoms with Gasteiger partial charge in [-0.1, -0.05) is 105 Å². The van der Waals surface area contributed by atoms with Gasteiger partial charge in [0, 0.05) is 0 Å². The zero-order chi connectivity index (χ0) is 13.6. The number of unbranched alkanes of at least 4 members (excludes halogenated alkanes) is 6. The topological polar surface area (TPSA) is 0 Å². The Bertz CT molecular complexity index is 150. The lowest BCUT2D eigenvalue weighted by Gasteiger charge is -2.11. The average molecular weight is 253 g/mol. The van der Waals surface area contributed by atoms with Crippen LogP contribution in [0.1, 0.15) is 97.8 Å². The molecule has 18 heavy (non-hydrogen) atoms. The first-order valence-corrected chi connectivity index (χ1v) is 8.49. The molecule has 0 heteroatoms. The summed E-state index contributed by atoms with van der Waals surface area (Å²) in [6, 6.07) is 0. The molecule has 0 aliphatic carbocycles. The van der Waals surface area contributed by atoms with Crippen molar-refractivity contribution in [2.75, 3.05) is 0 Å². The molecule has 109 valence electrons. The fourth-order valence-corrected chi connectivity index (χ4v) is 2.55. The van der Waals surface area contributed by atoms with Gasteiger partial charge in [0.2, 0.25) is 0 Å². The van der Waals surface area contributed by atoms with Crippen LogP contribution in [0.5, 0.6) is 0 Å². The molecule has 0 aromatic rings. The fourth-order valence-electron chi connectivity index (χ4n) is 2.55. The molecule has 2 atom stereocenters. The molecule has 0 saturated heterocycles. The highest BCUT2D eigenvalue weighted by atomic mass is 14.1. The van der Waals surface area contributed by atoms with Gasteiger partial charge < -0.3 is 0 Å². The van der Waals surface area contributed by atoms with E-state index in [1.54, 1.807) is 0 Å². The Labute approximate surface area is 117 Å². The molecule has 0 bridgehead atoms. The monoisotopic (exact) mass is 253 g/mol. The normalized spacial score (nSPS) is 14.7. The van der Waals surface area contributed by atoms with E-state index in [0.717, 1.165) is 18.3 Å². The largest absolute Gasteiger partial charge is 0.0654 e. The van der Waals surface area contributed by atoms with Crippen molar-refractivity contribution in [1.29, 1.82) is 0 Å². The summed E-state index contributed by atoms with van der Waals surface area (Å²) < 4.78 is 0. The van der Waals surface area contributed by atoms with Gasteiger partial charge in [-0.15, -0.1) is 0 Å². The van der Waals surface area contributed by atoms with Crippen molar-refractivity contribution < 1.29 is 0 Å². The van der Waals surface area contributed by atoms with Crippen molar-refractivity contribution in [3.8, 4) is 0 Å². The van der Waals surface area contributed by atoms with Crippen LogP contribution in [0.2, 0.25) is 0 Å². The van der Waals surface area contributed by atoms with Gasteiger partial charge in [-0.05, 0) is 11.8 Å². The first kappa shape index (κ1) is 18.0. The Hall–Kier alpha value is 0. The molecule has 0 heterocycles. The summed E-state index contributed by atoms with van der Waals surface area (Å²) in [5.74, 6) is 1.79. The molecule has 0 aliphatic heterocycles. The van der Waals surface area contributed by atoms with Crippen LogP contribution in [0.15, 0.2) is 0 Å². The van der Waals surface area contributed by atoms with Crippen molar-refractivity contribution >= 4 is 0 Å². The quantitative estimate of drug-likeness (QED) is 0.317. The van der Waals surface area contributed by atoms with E-state index in [2.05, 4.69) is 27.7 Å². The minimum Gasteiger partial charge on any atom is -0.0654 e. The molecule has 0 N–H and O–H groups in total. The molecular formula is C18H37. The van der Waals surface area contributed by atoms with Crippen LogP contribution < -0.4 is 0 Å². The van der Waals surface area contributed by atoms with Gasteiger partial charge in [0.05, 0.1) is 0 Å². The summed E-state index contributed by atoms with van der Waals surface area (Å²) in [6.07, 6.45) is 16.9. The highest BCUT2D eigenvalue weighted by molar-refractivity contribution is 4.57. The zero-order valence-electron chi connectivity index (χ0n) is 13.3. The molecule has 2 unspecified atom stereocenters. The fraction of sp³-hybridized carbons (Fsp3) is 0.944. The second kappa shape index (κ2) is 13.4. The lowest BCUT2D eigenvalue weighted by molar-refractivity contribution is 0.427. The van der Waals surface area contributed by atoms with E-state index in [1.807, 2.05) is 0 Å². The molecule has 0 aromatic carbocycles. The van der Waals surface area contributed by atoms with Gasteiger partial charge in [-0.25, -0.2) is 0 Å². The summed E-state index contributed by atoms with van der Waals surface area (Å²) in [4.78, 5) is 0. The Balaban J connectivity index is 3.17. The van der Waals surface area contributed by atoms with Gasteiger partial charge in [0.15, 0.2) is 0 Å². The van der Waals surface area contributed by atoms with E-state index < -0.39 is 0 Å². The van der Waals surface area contributed by atoms with Crippen LogP contribution in [-0.2, 0) is 0 Å². The van der Waals surface area contributed by atoms with Gasteiger partial charge in [-0.2, -0.15) is 0 Å². The summed E-state index contributed by atoms with van der Waals surface area (Å²) in [7, 11) is 0. The molecule has 0 fully saturated rings. The third-order valence-corrected chi connectivity index (χ3v) is 4.19. The van der Waals surface area contributed by atoms with Crippen LogP contribution in [0.3, 0.4) is 0 Å². The Kier molecular flexibility index (Phi) is 13.4. The standard InChI is InChI=1S/C18H37/c1-5-7-8-11-15-18(4)16-13-10-9-12-14-17(3)6-2/h17-18H,2,5-16H2,1,3-4H3. The van der Waals surface area contributed by atoms with Gasteiger partial charge in [-0.3, -0.25) is 0 Å². The number of rotatable bonds is 13. The predicted molar refractivity (Wildman–Crippen MR) is 84.8 cm³/mol. The van der Waals surface area contributed by atoms with Crippen LogP contribution in [-0.4, -0.2) is 0 Å². The number of hydrogen-bond donors (Lipinski definition) is 0. The third-order valence-electron chi connectivity index (χ3n) is 4.19. The van der Waals surface area contributed by atoms with Crippen molar-refractivity contribution in [2.24, 2.45) is 11.8 Å². The van der Waals surface area contributed by atoms with Crippen LogP contribution >= 0.6 is 0 Å². The molecule has 0 spiro atoms. The number of hydrogen-bond acceptors (Lipinski definition) is 0. The molecule has 0 amide bonds. The molecular weight excluding hydrogens is 216 g/mol. The van der Waals surface area contributed by atoms with E-state index in [-0.39, 0.29) is 0 Å². The summed E-state index contributed by atoms with van der Waals surface area (Å²) in [5.41, 5.74) is 0. The maximum Gasteiger partial charge on any atom is -0.0443 e. The second-order valence-corrected chi connectivity index (χ2v) is 6.34. The smallest absolute Gasteiger partial charge is 0.0443 e. The Morgan fingerprint density at radius 3 is 1.56 bits per heavy atom. The maximum absolute atomic E-state index is 3.97.